The van der Waals surface area contributed by atoms with E-state index in [0.29, 0.717) is 11.3 Å². The molecule has 0 amide bonds. The van der Waals surface area contributed by atoms with E-state index in [0.717, 1.165) is 25.7 Å². The van der Waals surface area contributed by atoms with E-state index in [1.54, 1.807) is 0 Å². The molecule has 0 saturated carbocycles. The topological polar surface area (TPSA) is 20.2 Å². The van der Waals surface area contributed by atoms with Crippen LogP contribution < -0.4 is 0 Å². The predicted molar refractivity (Wildman–Crippen MR) is 70.4 cm³/mol. The van der Waals surface area contributed by atoms with E-state index >= 15 is 0 Å². The van der Waals surface area contributed by atoms with E-state index in [2.05, 4.69) is 33.8 Å². The standard InChI is InChI=1S/C15H28O/c1-12-6-5-7-13(2)14(16)9-11-15(3,4)10-8-12/h8,13-14,16H,5-7,9-11H2,1-4H3/b12-8+. The zero-order valence-electron chi connectivity index (χ0n) is 11.4. The summed E-state index contributed by atoms with van der Waals surface area (Å²) in [6, 6.07) is 0. The molecule has 94 valence electrons. The van der Waals surface area contributed by atoms with E-state index in [4.69, 9.17) is 0 Å². The van der Waals surface area contributed by atoms with Crippen LogP contribution in [0.2, 0.25) is 0 Å². The normalized spacial score (nSPS) is 35.9. The van der Waals surface area contributed by atoms with Crippen LogP contribution in [-0.4, -0.2) is 11.2 Å². The fraction of sp³-hybridized carbons (Fsp3) is 0.867. The molecule has 0 saturated heterocycles. The van der Waals surface area contributed by atoms with Crippen molar-refractivity contribution >= 4 is 0 Å². The molecule has 0 aromatic carbocycles. The average Bonchev–Trinajstić information content (AvgIpc) is 2.23. The molecule has 1 heteroatoms. The van der Waals surface area contributed by atoms with Crippen LogP contribution in [0.25, 0.3) is 0 Å². The number of allylic oxidation sites excluding steroid dienone is 2. The monoisotopic (exact) mass is 224 g/mol. The molecule has 16 heavy (non-hydrogen) atoms. The van der Waals surface area contributed by atoms with Crippen molar-refractivity contribution in [3.63, 3.8) is 0 Å². The molecule has 0 bridgehead atoms. The van der Waals surface area contributed by atoms with Gasteiger partial charge in [-0.15, -0.1) is 0 Å². The van der Waals surface area contributed by atoms with E-state index < -0.39 is 0 Å². The van der Waals surface area contributed by atoms with Crippen molar-refractivity contribution in [1.29, 1.82) is 0 Å². The van der Waals surface area contributed by atoms with Crippen LogP contribution in [0, 0.1) is 11.3 Å². The Kier molecular flexibility index (Phi) is 5.04. The van der Waals surface area contributed by atoms with Gasteiger partial charge in [-0.05, 0) is 56.8 Å². The summed E-state index contributed by atoms with van der Waals surface area (Å²) in [7, 11) is 0. The molecule has 0 fully saturated rings. The Balaban J connectivity index is 2.66. The lowest BCUT2D eigenvalue weighted by Crippen LogP contribution is -2.21. The highest BCUT2D eigenvalue weighted by Crippen LogP contribution is 2.31. The molecule has 1 aliphatic carbocycles. The Morgan fingerprint density at radius 2 is 2.00 bits per heavy atom. The Morgan fingerprint density at radius 1 is 1.31 bits per heavy atom. The lowest BCUT2D eigenvalue weighted by molar-refractivity contribution is 0.0877. The van der Waals surface area contributed by atoms with E-state index in [1.807, 2.05) is 0 Å². The third-order valence-electron chi connectivity index (χ3n) is 4.01. The van der Waals surface area contributed by atoms with Gasteiger partial charge in [-0.25, -0.2) is 0 Å². The van der Waals surface area contributed by atoms with Crippen molar-refractivity contribution < 1.29 is 5.11 Å². The maximum absolute atomic E-state index is 10.1. The summed E-state index contributed by atoms with van der Waals surface area (Å²) in [4.78, 5) is 0. The quantitative estimate of drug-likeness (QED) is 0.608. The molecule has 1 aliphatic rings. The third-order valence-corrected chi connectivity index (χ3v) is 4.01. The van der Waals surface area contributed by atoms with Crippen LogP contribution >= 0.6 is 0 Å². The van der Waals surface area contributed by atoms with Crippen molar-refractivity contribution in [2.75, 3.05) is 0 Å². The van der Waals surface area contributed by atoms with E-state index in [9.17, 15) is 5.11 Å². The zero-order valence-corrected chi connectivity index (χ0v) is 11.4. The smallest absolute Gasteiger partial charge is 0.0566 e. The fourth-order valence-corrected chi connectivity index (χ4v) is 2.37. The minimum atomic E-state index is -0.0994. The molecule has 0 aromatic rings. The molecule has 0 aromatic heterocycles. The molecule has 2 atom stereocenters. The second-order valence-electron chi connectivity index (χ2n) is 6.39. The van der Waals surface area contributed by atoms with Crippen molar-refractivity contribution in [2.24, 2.45) is 11.3 Å². The summed E-state index contributed by atoms with van der Waals surface area (Å²) in [5, 5.41) is 10.1. The van der Waals surface area contributed by atoms with E-state index in [1.165, 1.54) is 18.4 Å². The summed E-state index contributed by atoms with van der Waals surface area (Å²) >= 11 is 0. The molecule has 1 rings (SSSR count). The Hall–Kier alpha value is -0.300. The highest BCUT2D eigenvalue weighted by atomic mass is 16.3. The van der Waals surface area contributed by atoms with Crippen LogP contribution in [0.15, 0.2) is 11.6 Å². The first-order valence-corrected chi connectivity index (χ1v) is 6.74. The maximum Gasteiger partial charge on any atom is 0.0566 e. The number of aliphatic hydroxyl groups excluding tert-OH is 1. The van der Waals surface area contributed by atoms with Crippen molar-refractivity contribution in [1.82, 2.24) is 0 Å². The van der Waals surface area contributed by atoms with Gasteiger partial charge in [0.05, 0.1) is 6.10 Å². The van der Waals surface area contributed by atoms with Gasteiger partial charge in [-0.3, -0.25) is 0 Å². The molecule has 1 nitrogen and oxygen atoms in total. The first-order valence-electron chi connectivity index (χ1n) is 6.74. The summed E-state index contributed by atoms with van der Waals surface area (Å²) < 4.78 is 0. The summed E-state index contributed by atoms with van der Waals surface area (Å²) in [5.41, 5.74) is 1.86. The second kappa shape index (κ2) is 5.86. The first kappa shape index (κ1) is 13.8. The van der Waals surface area contributed by atoms with Gasteiger partial charge in [0.25, 0.3) is 0 Å². The molecule has 0 aliphatic heterocycles. The summed E-state index contributed by atoms with van der Waals surface area (Å²) in [5.74, 6) is 0.460. The van der Waals surface area contributed by atoms with Gasteiger partial charge < -0.3 is 5.11 Å². The third kappa shape index (κ3) is 4.69. The highest BCUT2D eigenvalue weighted by Gasteiger charge is 2.21. The van der Waals surface area contributed by atoms with Crippen LogP contribution in [-0.2, 0) is 0 Å². The Bertz CT molecular complexity index is 240. The zero-order chi connectivity index (χ0) is 12.2. The largest absolute Gasteiger partial charge is 0.393 e. The molecule has 0 spiro atoms. The van der Waals surface area contributed by atoms with Gasteiger partial charge in [0.15, 0.2) is 0 Å². The van der Waals surface area contributed by atoms with Crippen molar-refractivity contribution in [3.8, 4) is 0 Å². The fourth-order valence-electron chi connectivity index (χ4n) is 2.37. The second-order valence-corrected chi connectivity index (χ2v) is 6.39. The van der Waals surface area contributed by atoms with Crippen LogP contribution in [0.5, 0.6) is 0 Å². The molecule has 0 heterocycles. The average molecular weight is 224 g/mol. The molecule has 1 N–H and O–H groups in total. The van der Waals surface area contributed by atoms with E-state index in [-0.39, 0.29) is 6.10 Å². The first-order chi connectivity index (χ1) is 7.41. The van der Waals surface area contributed by atoms with Gasteiger partial charge in [-0.1, -0.05) is 32.4 Å². The molecular weight excluding hydrogens is 196 g/mol. The lowest BCUT2D eigenvalue weighted by Gasteiger charge is -2.26. The number of hydrogen-bond acceptors (Lipinski definition) is 1. The minimum Gasteiger partial charge on any atom is -0.393 e. The Labute approximate surface area is 101 Å². The number of aliphatic hydroxyl groups is 1. The molecule has 2 unspecified atom stereocenters. The number of hydrogen-bond donors (Lipinski definition) is 1. The molecule has 0 radical (unpaired) electrons. The van der Waals surface area contributed by atoms with Gasteiger partial charge in [0.2, 0.25) is 0 Å². The van der Waals surface area contributed by atoms with Crippen molar-refractivity contribution in [3.05, 3.63) is 11.6 Å². The van der Waals surface area contributed by atoms with Gasteiger partial charge >= 0.3 is 0 Å². The highest BCUT2D eigenvalue weighted by molar-refractivity contribution is 5.00. The Morgan fingerprint density at radius 3 is 2.69 bits per heavy atom. The summed E-state index contributed by atoms with van der Waals surface area (Å²) in [6.45, 7) is 9.06. The predicted octanol–water partition coefficient (Wildman–Crippen LogP) is 4.31. The van der Waals surface area contributed by atoms with Gasteiger partial charge in [0.1, 0.15) is 0 Å². The summed E-state index contributed by atoms with van der Waals surface area (Å²) in [6.07, 6.45) is 9.13. The van der Waals surface area contributed by atoms with Crippen LogP contribution in [0.1, 0.15) is 66.2 Å². The number of rotatable bonds is 0. The van der Waals surface area contributed by atoms with Gasteiger partial charge in [-0.2, -0.15) is 0 Å². The maximum atomic E-state index is 10.1. The van der Waals surface area contributed by atoms with Crippen LogP contribution in [0.3, 0.4) is 0 Å². The SMILES string of the molecule is C/C1=C\CC(C)(C)CCC(O)C(C)CCC1. The molecular formula is C15H28O. The lowest BCUT2D eigenvalue weighted by atomic mass is 9.82. The minimum absolute atomic E-state index is 0.0994. The van der Waals surface area contributed by atoms with Gasteiger partial charge in [0, 0.05) is 0 Å². The van der Waals surface area contributed by atoms with Crippen LogP contribution in [0.4, 0.5) is 0 Å². The van der Waals surface area contributed by atoms with Crippen molar-refractivity contribution in [2.45, 2.75) is 72.3 Å².